The number of nitrogens with zero attached hydrogens (tertiary/aromatic N) is 1. The first kappa shape index (κ1) is 20.5. The van der Waals surface area contributed by atoms with Crippen LogP contribution in [0.25, 0.3) is 0 Å². The molecular weight excluding hydrogens is 393 g/mol. The standard InChI is InChI=1S/C16H12F5N3O2S/c17-13-6-1-10(7-14(13)18)8-22-15(27-23-9-25)24-11-2-4-12(5-3-11)26-16(19,20)21/h1-7,9H,8H2,(H,22,24)(H,23,25). The van der Waals surface area contributed by atoms with E-state index in [4.69, 9.17) is 0 Å². The van der Waals surface area contributed by atoms with Gasteiger partial charge in [0.1, 0.15) is 5.75 Å². The number of halogens is 5. The third kappa shape index (κ3) is 7.13. The zero-order valence-electron chi connectivity index (χ0n) is 13.4. The average Bonchev–Trinajstić information content (AvgIpc) is 2.60. The molecule has 5 nitrogen and oxygen atoms in total. The molecule has 0 aliphatic carbocycles. The van der Waals surface area contributed by atoms with Crippen LogP contribution in [-0.2, 0) is 11.3 Å². The first-order valence-electron chi connectivity index (χ1n) is 7.25. The zero-order valence-corrected chi connectivity index (χ0v) is 14.2. The molecule has 0 fully saturated rings. The summed E-state index contributed by atoms with van der Waals surface area (Å²) in [5.74, 6) is -2.39. The van der Waals surface area contributed by atoms with Crippen molar-refractivity contribution in [2.75, 3.05) is 0 Å². The molecule has 0 unspecified atom stereocenters. The second-order valence-electron chi connectivity index (χ2n) is 4.90. The van der Waals surface area contributed by atoms with Crippen LogP contribution < -0.4 is 14.8 Å². The number of amides is 1. The van der Waals surface area contributed by atoms with Crippen molar-refractivity contribution in [1.29, 1.82) is 0 Å². The third-order valence-electron chi connectivity index (χ3n) is 2.93. The summed E-state index contributed by atoms with van der Waals surface area (Å²) in [6, 6.07) is 8.06. The van der Waals surface area contributed by atoms with E-state index in [0.29, 0.717) is 12.0 Å². The van der Waals surface area contributed by atoms with E-state index in [-0.39, 0.29) is 17.4 Å². The number of alkyl halides is 3. The molecule has 0 heterocycles. The van der Waals surface area contributed by atoms with Gasteiger partial charge in [-0.25, -0.2) is 13.8 Å². The number of nitrogens with one attached hydrogen (secondary N) is 2. The van der Waals surface area contributed by atoms with E-state index in [1.807, 2.05) is 0 Å². The van der Waals surface area contributed by atoms with Gasteiger partial charge in [-0.15, -0.1) is 13.2 Å². The molecule has 27 heavy (non-hydrogen) atoms. The highest BCUT2D eigenvalue weighted by Crippen LogP contribution is 2.25. The van der Waals surface area contributed by atoms with Crippen LogP contribution in [0.5, 0.6) is 5.75 Å². The summed E-state index contributed by atoms with van der Waals surface area (Å²) in [5.41, 5.74) is 0.694. The Morgan fingerprint density at radius 2 is 1.81 bits per heavy atom. The van der Waals surface area contributed by atoms with Crippen molar-refractivity contribution in [3.63, 3.8) is 0 Å². The molecule has 2 rings (SSSR count). The molecule has 0 saturated heterocycles. The lowest BCUT2D eigenvalue weighted by Gasteiger charge is -2.10. The highest BCUT2D eigenvalue weighted by Gasteiger charge is 2.30. The number of rotatable bonds is 6. The molecule has 0 aliphatic heterocycles. The number of hydrogen-bond donors (Lipinski definition) is 2. The first-order chi connectivity index (χ1) is 12.8. The summed E-state index contributed by atoms with van der Waals surface area (Å²) in [6.07, 6.45) is -4.40. The van der Waals surface area contributed by atoms with Crippen molar-refractivity contribution >= 4 is 29.2 Å². The quantitative estimate of drug-likeness (QED) is 0.250. The molecule has 2 aromatic carbocycles. The number of amidine groups is 1. The molecule has 0 aliphatic rings. The second-order valence-corrected chi connectivity index (χ2v) is 5.72. The van der Waals surface area contributed by atoms with Crippen LogP contribution in [-0.4, -0.2) is 17.9 Å². The number of carbonyl (C=O) groups excluding carboxylic acids is 1. The highest BCUT2D eigenvalue weighted by atomic mass is 32.2. The first-order valence-corrected chi connectivity index (χ1v) is 8.07. The Hall–Kier alpha value is -2.82. The Kier molecular flexibility index (Phi) is 6.99. The summed E-state index contributed by atoms with van der Waals surface area (Å²) in [5, 5.41) is 2.99. The molecule has 2 N–H and O–H groups in total. The van der Waals surface area contributed by atoms with E-state index in [2.05, 4.69) is 19.8 Å². The lowest BCUT2D eigenvalue weighted by atomic mass is 10.2. The fourth-order valence-corrected chi connectivity index (χ4v) is 2.30. The molecule has 144 valence electrons. The predicted octanol–water partition coefficient (Wildman–Crippen LogP) is 4.03. The Bertz CT molecular complexity index is 813. The van der Waals surface area contributed by atoms with E-state index >= 15 is 0 Å². The van der Waals surface area contributed by atoms with Crippen LogP contribution in [0.15, 0.2) is 47.5 Å². The van der Waals surface area contributed by atoms with E-state index in [1.165, 1.54) is 18.2 Å². The minimum absolute atomic E-state index is 0.0683. The van der Waals surface area contributed by atoms with Crippen LogP contribution in [0.2, 0.25) is 0 Å². The van der Waals surface area contributed by atoms with Gasteiger partial charge in [-0.3, -0.25) is 9.52 Å². The summed E-state index contributed by atoms with van der Waals surface area (Å²) in [6.45, 7) is 0.0683. The summed E-state index contributed by atoms with van der Waals surface area (Å²) >= 11 is 0.799. The monoisotopic (exact) mass is 405 g/mol. The number of carbonyl (C=O) groups is 1. The predicted molar refractivity (Wildman–Crippen MR) is 90.2 cm³/mol. The SMILES string of the molecule is O=CNS/C(=N\c1ccc(OC(F)(F)F)cc1)NCc1ccc(F)c(F)c1. The Labute approximate surface area is 154 Å². The van der Waals surface area contributed by atoms with Gasteiger partial charge in [0, 0.05) is 18.5 Å². The second kappa shape index (κ2) is 9.21. The molecule has 0 radical (unpaired) electrons. The lowest BCUT2D eigenvalue weighted by Crippen LogP contribution is -2.23. The molecule has 11 heteroatoms. The van der Waals surface area contributed by atoms with Gasteiger partial charge in [-0.1, -0.05) is 6.07 Å². The van der Waals surface area contributed by atoms with E-state index < -0.39 is 23.7 Å². The third-order valence-corrected chi connectivity index (χ3v) is 3.58. The fraction of sp³-hybridized carbons (Fsp3) is 0.125. The van der Waals surface area contributed by atoms with Crippen LogP contribution >= 0.6 is 11.9 Å². The minimum Gasteiger partial charge on any atom is -0.406 e. The van der Waals surface area contributed by atoms with Crippen molar-refractivity contribution in [2.45, 2.75) is 12.9 Å². The average molecular weight is 405 g/mol. The van der Waals surface area contributed by atoms with Crippen molar-refractivity contribution in [3.8, 4) is 5.75 Å². The molecule has 0 atom stereocenters. The van der Waals surface area contributed by atoms with Gasteiger partial charge < -0.3 is 10.1 Å². The van der Waals surface area contributed by atoms with Gasteiger partial charge in [-0.05, 0) is 42.0 Å². The Morgan fingerprint density at radius 1 is 1.11 bits per heavy atom. The van der Waals surface area contributed by atoms with Gasteiger partial charge in [0.25, 0.3) is 0 Å². The topological polar surface area (TPSA) is 62.7 Å². The van der Waals surface area contributed by atoms with Crippen LogP contribution in [0, 0.1) is 11.6 Å². The number of hydrogen-bond acceptors (Lipinski definition) is 4. The van der Waals surface area contributed by atoms with Crippen LogP contribution in [0.1, 0.15) is 5.56 Å². The summed E-state index contributed by atoms with van der Waals surface area (Å²) in [4.78, 5) is 14.6. The van der Waals surface area contributed by atoms with Gasteiger partial charge in [0.15, 0.2) is 16.8 Å². The molecule has 0 bridgehead atoms. The fourth-order valence-electron chi connectivity index (χ4n) is 1.85. The van der Waals surface area contributed by atoms with Crippen LogP contribution in [0.4, 0.5) is 27.6 Å². The molecular formula is C16H12F5N3O2S. The maximum atomic E-state index is 13.2. The van der Waals surface area contributed by atoms with Crippen LogP contribution in [0.3, 0.4) is 0 Å². The van der Waals surface area contributed by atoms with E-state index in [9.17, 15) is 26.7 Å². The number of benzene rings is 2. The van der Waals surface area contributed by atoms with Crippen molar-refractivity contribution in [1.82, 2.24) is 10.0 Å². The van der Waals surface area contributed by atoms with E-state index in [1.54, 1.807) is 0 Å². The summed E-state index contributed by atoms with van der Waals surface area (Å²) < 4.78 is 68.7. The number of aliphatic imine (C=N–C) groups is 1. The molecule has 2 aromatic rings. The van der Waals surface area contributed by atoms with Crippen molar-refractivity contribution < 1.29 is 31.5 Å². The Morgan fingerprint density at radius 3 is 2.41 bits per heavy atom. The van der Waals surface area contributed by atoms with Crippen molar-refractivity contribution in [3.05, 3.63) is 59.7 Å². The Balaban J connectivity index is 2.09. The molecule has 1 amide bonds. The maximum absolute atomic E-state index is 13.2. The summed E-state index contributed by atoms with van der Waals surface area (Å²) in [7, 11) is 0. The smallest absolute Gasteiger partial charge is 0.406 e. The van der Waals surface area contributed by atoms with Gasteiger partial charge in [-0.2, -0.15) is 0 Å². The zero-order chi connectivity index (χ0) is 19.9. The van der Waals surface area contributed by atoms with Gasteiger partial charge >= 0.3 is 6.36 Å². The van der Waals surface area contributed by atoms with Gasteiger partial charge in [0.2, 0.25) is 6.41 Å². The highest BCUT2D eigenvalue weighted by molar-refractivity contribution is 8.12. The maximum Gasteiger partial charge on any atom is 0.573 e. The normalized spacial score (nSPS) is 11.8. The van der Waals surface area contributed by atoms with E-state index in [0.717, 1.165) is 36.2 Å². The van der Waals surface area contributed by atoms with Crippen molar-refractivity contribution in [2.24, 2.45) is 4.99 Å². The molecule has 0 aromatic heterocycles. The number of ether oxygens (including phenoxy) is 1. The lowest BCUT2D eigenvalue weighted by molar-refractivity contribution is -0.274. The molecule has 0 spiro atoms. The van der Waals surface area contributed by atoms with Gasteiger partial charge in [0.05, 0.1) is 5.69 Å². The largest absolute Gasteiger partial charge is 0.573 e. The minimum atomic E-state index is -4.80. The molecule has 0 saturated carbocycles.